The van der Waals surface area contributed by atoms with E-state index in [0.29, 0.717) is 29.5 Å². The smallest absolute Gasteiger partial charge is 0.326 e. The summed E-state index contributed by atoms with van der Waals surface area (Å²) in [6.45, 7) is 17.4. The Balaban J connectivity index is 2.17. The zero-order valence-electron chi connectivity index (χ0n) is 27.3. The molecule has 0 fully saturated rings. The summed E-state index contributed by atoms with van der Waals surface area (Å²) in [6, 6.07) is 0. The van der Waals surface area contributed by atoms with E-state index in [9.17, 15) is 14.2 Å². The molecule has 1 atom stereocenters. The lowest BCUT2D eigenvalue weighted by Crippen LogP contribution is -2.54. The molecule has 0 radical (unpaired) electrons. The number of imidazole rings is 1. The molecule has 244 valence electrons. The minimum Gasteiger partial charge on any atom is -0.464 e. The summed E-state index contributed by atoms with van der Waals surface area (Å²) >= 11 is 0. The fourth-order valence-electron chi connectivity index (χ4n) is 4.35. The lowest BCUT2D eigenvalue weighted by Gasteiger charge is -2.35. The molecule has 0 amide bonds. The van der Waals surface area contributed by atoms with Gasteiger partial charge in [0.05, 0.1) is 32.2 Å². The molecule has 2 aromatic rings. The first-order valence-corrected chi connectivity index (χ1v) is 16.9. The van der Waals surface area contributed by atoms with Crippen LogP contribution in [0.2, 0.25) is 0 Å². The number of nitrogens with one attached hydrogen (secondary N) is 2. The summed E-state index contributed by atoms with van der Waals surface area (Å²) in [6.07, 6.45) is 5.46. The molecule has 2 rings (SSSR count). The first-order chi connectivity index (χ1) is 20.0. The van der Waals surface area contributed by atoms with Crippen molar-refractivity contribution >= 4 is 36.4 Å². The van der Waals surface area contributed by atoms with Gasteiger partial charge >= 0.3 is 11.9 Å². The molecule has 14 heteroatoms. The number of nitrogen functional groups attached to an aromatic ring is 1. The molecular formula is C29H52N7O6P. The van der Waals surface area contributed by atoms with Gasteiger partial charge in [0.15, 0.2) is 11.5 Å². The van der Waals surface area contributed by atoms with E-state index in [1.54, 1.807) is 38.6 Å². The molecule has 0 spiro atoms. The lowest BCUT2D eigenvalue weighted by molar-refractivity contribution is -0.149. The van der Waals surface area contributed by atoms with Gasteiger partial charge in [-0.2, -0.15) is 0 Å². The minimum atomic E-state index is -3.77. The van der Waals surface area contributed by atoms with Crippen molar-refractivity contribution in [2.24, 2.45) is 11.8 Å². The normalized spacial score (nSPS) is 13.6. The number of carbonyl (C=O) groups is 2. The van der Waals surface area contributed by atoms with Gasteiger partial charge in [-0.05, 0) is 72.1 Å². The van der Waals surface area contributed by atoms with E-state index < -0.39 is 36.6 Å². The van der Waals surface area contributed by atoms with Crippen molar-refractivity contribution in [1.29, 1.82) is 0 Å². The molecule has 2 aromatic heterocycles. The van der Waals surface area contributed by atoms with Crippen LogP contribution in [0.3, 0.4) is 0 Å². The number of nitrogens with zero attached hydrogens (tertiary/aromatic N) is 4. The Labute approximate surface area is 255 Å². The van der Waals surface area contributed by atoms with Crippen molar-refractivity contribution in [2.75, 3.05) is 25.3 Å². The van der Waals surface area contributed by atoms with Gasteiger partial charge in [0, 0.05) is 0 Å². The second-order valence-corrected chi connectivity index (χ2v) is 15.2. The summed E-state index contributed by atoms with van der Waals surface area (Å²) in [5, 5.41) is 5.89. The maximum Gasteiger partial charge on any atom is 0.326 e. The van der Waals surface area contributed by atoms with Gasteiger partial charge in [0.1, 0.15) is 29.3 Å². The number of hydrogen-bond acceptors (Lipinski definition) is 10. The molecule has 0 aliphatic heterocycles. The predicted octanol–water partition coefficient (Wildman–Crippen LogP) is 4.66. The fraction of sp³-hybridized carbons (Fsp3) is 0.759. The molecule has 0 aromatic carbocycles. The Morgan fingerprint density at radius 2 is 1.42 bits per heavy atom. The van der Waals surface area contributed by atoms with Crippen molar-refractivity contribution in [2.45, 2.75) is 112 Å². The molecule has 0 saturated heterocycles. The molecule has 13 nitrogen and oxygen atoms in total. The highest BCUT2D eigenvalue weighted by Gasteiger charge is 2.43. The van der Waals surface area contributed by atoms with Crippen molar-refractivity contribution < 1.29 is 28.4 Å². The fourth-order valence-corrected chi connectivity index (χ4v) is 6.99. The van der Waals surface area contributed by atoms with Gasteiger partial charge in [-0.15, -0.1) is 0 Å². The molecule has 0 saturated carbocycles. The van der Waals surface area contributed by atoms with Gasteiger partial charge in [0.2, 0.25) is 7.44 Å². The number of anilines is 1. The molecule has 43 heavy (non-hydrogen) atoms. The van der Waals surface area contributed by atoms with Crippen molar-refractivity contribution in [3.05, 3.63) is 12.7 Å². The highest BCUT2D eigenvalue weighted by atomic mass is 31.2. The van der Waals surface area contributed by atoms with Crippen molar-refractivity contribution in [1.82, 2.24) is 29.7 Å². The minimum absolute atomic E-state index is 0.258. The third-order valence-electron chi connectivity index (χ3n) is 6.68. The summed E-state index contributed by atoms with van der Waals surface area (Å²) in [5.41, 5.74) is 4.23. The van der Waals surface area contributed by atoms with Crippen LogP contribution >= 0.6 is 7.44 Å². The second-order valence-electron chi connectivity index (χ2n) is 13.0. The number of fused-ring (bicyclic) bond motifs is 1. The van der Waals surface area contributed by atoms with Crippen LogP contribution in [-0.2, 0) is 34.9 Å². The van der Waals surface area contributed by atoms with E-state index in [1.165, 1.54) is 6.33 Å². The zero-order valence-corrected chi connectivity index (χ0v) is 28.2. The van der Waals surface area contributed by atoms with E-state index in [2.05, 4.69) is 52.8 Å². The molecule has 4 N–H and O–H groups in total. The number of rotatable bonds is 19. The quantitative estimate of drug-likeness (QED) is 0.112. The summed E-state index contributed by atoms with van der Waals surface area (Å²) in [4.78, 5) is 38.5. The number of aromatic nitrogens is 4. The maximum absolute atomic E-state index is 14.4. The summed E-state index contributed by atoms with van der Waals surface area (Å²) < 4.78 is 33.2. The number of hydrogen-bond donors (Lipinski definition) is 3. The maximum atomic E-state index is 14.4. The predicted molar refractivity (Wildman–Crippen MR) is 167 cm³/mol. The van der Waals surface area contributed by atoms with Crippen molar-refractivity contribution in [3.63, 3.8) is 0 Å². The zero-order chi connectivity index (χ0) is 32.4. The Morgan fingerprint density at radius 3 is 1.91 bits per heavy atom. The number of carbonyl (C=O) groups excluding carboxylic acids is 2. The second kappa shape index (κ2) is 15.9. The van der Waals surface area contributed by atoms with Crippen LogP contribution in [0, 0.1) is 11.8 Å². The number of esters is 2. The molecule has 0 bridgehead atoms. The van der Waals surface area contributed by atoms with E-state index in [-0.39, 0.29) is 25.4 Å². The van der Waals surface area contributed by atoms with Gasteiger partial charge in [-0.3, -0.25) is 14.2 Å². The van der Waals surface area contributed by atoms with Gasteiger partial charge < -0.3 is 24.5 Å². The monoisotopic (exact) mass is 625 g/mol. The van der Waals surface area contributed by atoms with Gasteiger partial charge in [0.25, 0.3) is 0 Å². The molecule has 0 unspecified atom stereocenters. The van der Waals surface area contributed by atoms with Gasteiger partial charge in [-0.25, -0.2) is 25.1 Å². The Bertz CT molecular complexity index is 1200. The summed E-state index contributed by atoms with van der Waals surface area (Å²) in [5.74, 6) is 0.147. The highest BCUT2D eigenvalue weighted by Crippen LogP contribution is 2.42. The summed E-state index contributed by atoms with van der Waals surface area (Å²) in [7, 11) is -3.77. The van der Waals surface area contributed by atoms with Crippen LogP contribution in [0.1, 0.15) is 88.0 Å². The van der Waals surface area contributed by atoms with Crippen LogP contribution in [0.4, 0.5) is 5.82 Å². The largest absolute Gasteiger partial charge is 0.464 e. The van der Waals surface area contributed by atoms with Crippen LogP contribution in [0.15, 0.2) is 12.7 Å². The first kappa shape index (κ1) is 36.6. The van der Waals surface area contributed by atoms with E-state index in [4.69, 9.17) is 19.9 Å². The highest BCUT2D eigenvalue weighted by molar-refractivity contribution is 7.59. The standard InChI is InChI=1S/C29H52N7O6P/c1-20(2)12-10-14-40-26(37)28(6,7)34-43(39,35-29(8,9)27(38)41-15-11-13-21(3)4)19-42-22(5)16-36-18-33-23-24(30)31-17-32-25(23)36/h17-18,20-22H,10-16,19H2,1-9H3,(H2,30,31,32)(H2,34,35,39)/t22-/m1/s1. The van der Waals surface area contributed by atoms with Gasteiger partial charge in [-0.1, -0.05) is 27.7 Å². The van der Waals surface area contributed by atoms with E-state index >= 15 is 0 Å². The van der Waals surface area contributed by atoms with E-state index in [0.717, 1.165) is 25.7 Å². The van der Waals surface area contributed by atoms with E-state index in [1.807, 2.05) is 6.92 Å². The Kier molecular flexibility index (Phi) is 13.6. The third kappa shape index (κ3) is 11.8. The van der Waals surface area contributed by atoms with Crippen LogP contribution in [0.5, 0.6) is 0 Å². The van der Waals surface area contributed by atoms with Crippen LogP contribution in [0.25, 0.3) is 11.2 Å². The Morgan fingerprint density at radius 1 is 0.907 bits per heavy atom. The number of nitrogens with two attached hydrogens (primary N) is 1. The SMILES string of the molecule is CC(C)CCCOC(=O)C(C)(C)NP(=O)(CO[C@H](C)Cn1cnc2c(N)ncnc21)NC(C)(C)C(=O)OCCCC(C)C. The Hall–Kier alpha value is -2.60. The topological polar surface area (TPSA) is 173 Å². The molecular weight excluding hydrogens is 573 g/mol. The lowest BCUT2D eigenvalue weighted by atomic mass is 10.1. The third-order valence-corrected chi connectivity index (χ3v) is 9.04. The average Bonchev–Trinajstić information content (AvgIpc) is 3.30. The average molecular weight is 626 g/mol. The molecule has 0 aliphatic rings. The van der Waals surface area contributed by atoms with Crippen LogP contribution < -0.4 is 15.9 Å². The van der Waals surface area contributed by atoms with Crippen molar-refractivity contribution in [3.8, 4) is 0 Å². The van der Waals surface area contributed by atoms with Crippen LogP contribution in [-0.4, -0.2) is 68.2 Å². The molecule has 0 aliphatic carbocycles. The molecule has 2 heterocycles. The first-order valence-electron chi connectivity index (χ1n) is 15.0. The number of ether oxygens (including phenoxy) is 3.